The van der Waals surface area contributed by atoms with Crippen LogP contribution in [0.4, 0.5) is 5.69 Å². The van der Waals surface area contributed by atoms with E-state index in [1.807, 2.05) is 12.1 Å². The van der Waals surface area contributed by atoms with Crippen LogP contribution >= 0.6 is 0 Å². The van der Waals surface area contributed by atoms with Gasteiger partial charge in [-0.3, -0.25) is 9.69 Å². The number of carbonyl (C=O) groups is 1. The van der Waals surface area contributed by atoms with E-state index in [1.165, 1.54) is 27.9 Å². The maximum atomic E-state index is 12.6. The van der Waals surface area contributed by atoms with Crippen molar-refractivity contribution in [2.75, 3.05) is 37.6 Å². The summed E-state index contributed by atoms with van der Waals surface area (Å²) in [7, 11) is 0. The zero-order valence-electron chi connectivity index (χ0n) is 23.6. The molecule has 4 heteroatoms. The number of piperazine rings is 1. The summed E-state index contributed by atoms with van der Waals surface area (Å²) in [6.07, 6.45) is 0.885. The first-order valence-corrected chi connectivity index (χ1v) is 13.7. The van der Waals surface area contributed by atoms with Crippen LogP contribution in [0.15, 0.2) is 72.8 Å². The van der Waals surface area contributed by atoms with Crippen LogP contribution < -0.4 is 10.2 Å². The highest BCUT2D eigenvalue weighted by molar-refractivity contribution is 5.94. The van der Waals surface area contributed by atoms with Crippen molar-refractivity contribution in [1.29, 1.82) is 0 Å². The summed E-state index contributed by atoms with van der Waals surface area (Å²) >= 11 is 0. The number of nitrogens with zero attached hydrogens (tertiary/aromatic N) is 2. The Labute approximate surface area is 224 Å². The van der Waals surface area contributed by atoms with Gasteiger partial charge in [0.05, 0.1) is 0 Å². The standard InChI is InChI=1S/C29H35N3O.C4H10/c1-22-6-4-8-26(18-22)20-25-10-12-27(13-11-25)29(33)30-14-15-31-16-17-32(24(3)21-31)28-9-5-7-23(2)19-28;1-4(2)3/h4-13,18-19,24H,14-17,20-21H2,1-3H3,(H,30,33);4H,1-3H3. The van der Waals surface area contributed by atoms with E-state index in [4.69, 9.17) is 0 Å². The van der Waals surface area contributed by atoms with Crippen LogP contribution in [0.5, 0.6) is 0 Å². The molecule has 1 aliphatic rings. The first-order chi connectivity index (χ1) is 17.7. The zero-order valence-corrected chi connectivity index (χ0v) is 23.6. The average Bonchev–Trinajstić information content (AvgIpc) is 2.84. The number of hydrogen-bond acceptors (Lipinski definition) is 3. The van der Waals surface area contributed by atoms with Gasteiger partial charge in [-0.25, -0.2) is 0 Å². The van der Waals surface area contributed by atoms with Crippen molar-refractivity contribution < 1.29 is 4.79 Å². The first kappa shape index (κ1) is 28.5. The number of amides is 1. The van der Waals surface area contributed by atoms with Gasteiger partial charge in [0.1, 0.15) is 0 Å². The largest absolute Gasteiger partial charge is 0.366 e. The van der Waals surface area contributed by atoms with E-state index in [9.17, 15) is 4.79 Å². The molecule has 1 amide bonds. The summed E-state index contributed by atoms with van der Waals surface area (Å²) < 4.78 is 0. The predicted octanol–water partition coefficient (Wildman–Crippen LogP) is 6.50. The lowest BCUT2D eigenvalue weighted by molar-refractivity contribution is 0.0947. The van der Waals surface area contributed by atoms with E-state index in [-0.39, 0.29) is 5.91 Å². The van der Waals surface area contributed by atoms with Gasteiger partial charge in [0, 0.05) is 50.0 Å². The Hall–Kier alpha value is -3.11. The summed E-state index contributed by atoms with van der Waals surface area (Å²) in [4.78, 5) is 17.5. The quantitative estimate of drug-likeness (QED) is 0.403. The van der Waals surface area contributed by atoms with Gasteiger partial charge in [-0.15, -0.1) is 0 Å². The normalized spacial score (nSPS) is 15.8. The Kier molecular flexibility index (Phi) is 10.8. The molecule has 4 rings (SSSR count). The number of hydrogen-bond donors (Lipinski definition) is 1. The molecule has 37 heavy (non-hydrogen) atoms. The van der Waals surface area contributed by atoms with Crippen LogP contribution in [-0.2, 0) is 6.42 Å². The molecule has 3 aromatic carbocycles. The molecular formula is C33H45N3O. The molecule has 0 spiro atoms. The van der Waals surface area contributed by atoms with E-state index < -0.39 is 0 Å². The van der Waals surface area contributed by atoms with Gasteiger partial charge in [-0.2, -0.15) is 0 Å². The maximum Gasteiger partial charge on any atom is 0.251 e. The molecule has 1 atom stereocenters. The Balaban J connectivity index is 0.000000886. The topological polar surface area (TPSA) is 35.6 Å². The maximum absolute atomic E-state index is 12.6. The molecule has 0 aliphatic carbocycles. The number of nitrogens with one attached hydrogen (secondary N) is 1. The highest BCUT2D eigenvalue weighted by Crippen LogP contribution is 2.21. The second-order valence-corrected chi connectivity index (χ2v) is 11.0. The summed E-state index contributed by atoms with van der Waals surface area (Å²) in [5.41, 5.74) is 7.12. The molecule has 1 heterocycles. The fraction of sp³-hybridized carbons (Fsp3) is 0.424. The molecule has 1 unspecified atom stereocenters. The van der Waals surface area contributed by atoms with Crippen molar-refractivity contribution in [2.45, 2.75) is 54.0 Å². The third-order valence-corrected chi connectivity index (χ3v) is 6.47. The van der Waals surface area contributed by atoms with Crippen LogP contribution in [-0.4, -0.2) is 49.6 Å². The van der Waals surface area contributed by atoms with Crippen molar-refractivity contribution in [3.8, 4) is 0 Å². The second kappa shape index (κ2) is 14.0. The molecule has 0 bridgehead atoms. The van der Waals surface area contributed by atoms with E-state index in [0.717, 1.165) is 44.1 Å². The molecule has 1 fully saturated rings. The summed E-state index contributed by atoms with van der Waals surface area (Å²) in [6, 6.07) is 25.7. The Morgan fingerprint density at radius 1 is 0.892 bits per heavy atom. The zero-order chi connectivity index (χ0) is 26.8. The fourth-order valence-electron chi connectivity index (χ4n) is 4.69. The fourth-order valence-corrected chi connectivity index (χ4v) is 4.69. The molecule has 3 aromatic rings. The van der Waals surface area contributed by atoms with Gasteiger partial charge >= 0.3 is 0 Å². The third-order valence-electron chi connectivity index (χ3n) is 6.47. The van der Waals surface area contributed by atoms with Crippen molar-refractivity contribution in [2.24, 2.45) is 5.92 Å². The van der Waals surface area contributed by atoms with Crippen LogP contribution in [0.25, 0.3) is 0 Å². The van der Waals surface area contributed by atoms with Crippen LogP contribution in [0.3, 0.4) is 0 Å². The summed E-state index contributed by atoms with van der Waals surface area (Å²) in [6.45, 7) is 17.6. The van der Waals surface area contributed by atoms with Crippen molar-refractivity contribution >= 4 is 11.6 Å². The minimum atomic E-state index is 0.00329. The molecule has 1 aliphatic heterocycles. The summed E-state index contributed by atoms with van der Waals surface area (Å²) in [5.74, 6) is 0.837. The van der Waals surface area contributed by atoms with Crippen LogP contribution in [0, 0.1) is 19.8 Å². The Morgan fingerprint density at radius 2 is 1.54 bits per heavy atom. The number of anilines is 1. The van der Waals surface area contributed by atoms with E-state index in [1.54, 1.807) is 0 Å². The van der Waals surface area contributed by atoms with Crippen LogP contribution in [0.2, 0.25) is 0 Å². The molecule has 4 nitrogen and oxygen atoms in total. The van der Waals surface area contributed by atoms with E-state index >= 15 is 0 Å². The number of carbonyl (C=O) groups excluding carboxylic acids is 1. The lowest BCUT2D eigenvalue weighted by Gasteiger charge is -2.41. The van der Waals surface area contributed by atoms with Crippen molar-refractivity contribution in [3.05, 3.63) is 101 Å². The highest BCUT2D eigenvalue weighted by Gasteiger charge is 2.23. The van der Waals surface area contributed by atoms with Gasteiger partial charge in [-0.1, -0.05) is 74.9 Å². The molecule has 0 radical (unpaired) electrons. The highest BCUT2D eigenvalue weighted by atomic mass is 16.1. The lowest BCUT2D eigenvalue weighted by Crippen LogP contribution is -2.53. The molecule has 0 aromatic heterocycles. The minimum absolute atomic E-state index is 0.00329. The number of rotatable bonds is 7. The van der Waals surface area contributed by atoms with Crippen LogP contribution in [0.1, 0.15) is 60.3 Å². The van der Waals surface area contributed by atoms with Crippen molar-refractivity contribution in [3.63, 3.8) is 0 Å². The average molecular weight is 500 g/mol. The number of aryl methyl sites for hydroxylation is 2. The lowest BCUT2D eigenvalue weighted by atomic mass is 10.0. The number of benzene rings is 3. The Bertz CT molecular complexity index is 1120. The monoisotopic (exact) mass is 499 g/mol. The predicted molar refractivity (Wildman–Crippen MR) is 158 cm³/mol. The minimum Gasteiger partial charge on any atom is -0.366 e. The second-order valence-electron chi connectivity index (χ2n) is 11.0. The first-order valence-electron chi connectivity index (χ1n) is 13.7. The molecule has 0 saturated carbocycles. The van der Waals surface area contributed by atoms with Crippen molar-refractivity contribution in [1.82, 2.24) is 10.2 Å². The molecule has 1 saturated heterocycles. The third kappa shape index (κ3) is 9.36. The SMILES string of the molecule is CC(C)C.Cc1cccc(Cc2ccc(C(=O)NCCN3CCN(c4cccc(C)c4)C(C)C3)cc2)c1. The molecule has 1 N–H and O–H groups in total. The van der Waals surface area contributed by atoms with E-state index in [0.29, 0.717) is 12.6 Å². The summed E-state index contributed by atoms with van der Waals surface area (Å²) in [5, 5.41) is 3.09. The van der Waals surface area contributed by atoms with Gasteiger partial charge in [-0.05, 0) is 74.1 Å². The molecule has 198 valence electrons. The van der Waals surface area contributed by atoms with Gasteiger partial charge in [0.15, 0.2) is 0 Å². The van der Waals surface area contributed by atoms with E-state index in [2.05, 4.69) is 117 Å². The molecular weight excluding hydrogens is 454 g/mol. The van der Waals surface area contributed by atoms with Gasteiger partial charge in [0.25, 0.3) is 5.91 Å². The smallest absolute Gasteiger partial charge is 0.251 e. The van der Waals surface area contributed by atoms with Gasteiger partial charge < -0.3 is 10.2 Å². The Morgan fingerprint density at radius 3 is 2.16 bits per heavy atom. The van der Waals surface area contributed by atoms with Gasteiger partial charge in [0.2, 0.25) is 0 Å².